The summed E-state index contributed by atoms with van der Waals surface area (Å²) in [5.74, 6) is 2.41. The molecular formula is C14H15N4O3+. The van der Waals surface area contributed by atoms with Crippen molar-refractivity contribution >= 4 is 5.78 Å². The predicted molar refractivity (Wildman–Crippen MR) is 74.6 cm³/mol. The number of nitrogens with one attached hydrogen (secondary N) is 1. The quantitative estimate of drug-likeness (QED) is 0.731. The first-order valence-corrected chi connectivity index (χ1v) is 6.28. The second-order valence-corrected chi connectivity index (χ2v) is 4.29. The average Bonchev–Trinajstić information content (AvgIpc) is 3.01. The van der Waals surface area contributed by atoms with Gasteiger partial charge in [0, 0.05) is 11.6 Å². The molecule has 0 fully saturated rings. The molecule has 0 saturated heterocycles. The van der Waals surface area contributed by atoms with Gasteiger partial charge >= 0.3 is 5.78 Å². The lowest BCUT2D eigenvalue weighted by molar-refractivity contribution is -0.502. The maximum atomic E-state index is 5.38. The van der Waals surface area contributed by atoms with Gasteiger partial charge in [0.05, 0.1) is 27.5 Å². The maximum absolute atomic E-state index is 5.38. The molecule has 0 aliphatic heterocycles. The van der Waals surface area contributed by atoms with Crippen LogP contribution in [-0.2, 0) is 0 Å². The van der Waals surface area contributed by atoms with Crippen LogP contribution in [0.15, 0.2) is 30.7 Å². The molecule has 0 amide bonds. The van der Waals surface area contributed by atoms with E-state index in [1.807, 2.05) is 22.6 Å². The summed E-state index contributed by atoms with van der Waals surface area (Å²) in [7, 11) is 4.76. The topological polar surface area (TPSA) is 73.4 Å². The summed E-state index contributed by atoms with van der Waals surface area (Å²) in [6, 6.07) is 5.66. The number of H-pyrrole nitrogens is 1. The van der Waals surface area contributed by atoms with Crippen LogP contribution >= 0.6 is 0 Å². The molecule has 0 unspecified atom stereocenters. The van der Waals surface area contributed by atoms with Crippen molar-refractivity contribution in [1.82, 2.24) is 15.2 Å². The zero-order chi connectivity index (χ0) is 14.8. The molecule has 2 heterocycles. The fraction of sp³-hybridized carbons (Fsp3) is 0.214. The number of rotatable bonds is 4. The number of hydrogen-bond acceptors (Lipinski definition) is 5. The highest BCUT2D eigenvalue weighted by molar-refractivity contribution is 5.67. The molecule has 2 aromatic heterocycles. The molecule has 0 aliphatic rings. The average molecular weight is 287 g/mol. The first kappa shape index (κ1) is 13.2. The molecule has 7 heteroatoms. The number of nitrogens with zero attached hydrogens (tertiary/aromatic N) is 3. The summed E-state index contributed by atoms with van der Waals surface area (Å²) in [4.78, 5) is 4.20. The Labute approximate surface area is 121 Å². The summed E-state index contributed by atoms with van der Waals surface area (Å²) >= 11 is 0. The lowest BCUT2D eigenvalue weighted by Gasteiger charge is -2.13. The van der Waals surface area contributed by atoms with Crippen molar-refractivity contribution in [2.24, 2.45) is 0 Å². The second kappa shape index (κ2) is 5.28. The fourth-order valence-corrected chi connectivity index (χ4v) is 2.24. The van der Waals surface area contributed by atoms with Gasteiger partial charge in [-0.15, -0.1) is 10.1 Å². The third-order valence-electron chi connectivity index (χ3n) is 3.22. The van der Waals surface area contributed by atoms with Crippen molar-refractivity contribution in [3.63, 3.8) is 0 Å². The Morgan fingerprint density at radius 2 is 1.76 bits per heavy atom. The van der Waals surface area contributed by atoms with Gasteiger partial charge < -0.3 is 14.2 Å². The minimum absolute atomic E-state index is 0.561. The zero-order valence-corrected chi connectivity index (χ0v) is 12.0. The van der Waals surface area contributed by atoms with Crippen LogP contribution in [-0.4, -0.2) is 36.5 Å². The van der Waals surface area contributed by atoms with E-state index in [1.54, 1.807) is 33.9 Å². The SMILES string of the molecule is COc1cc(-c2ccnc3[nH]nc[n+]23)cc(OC)c1OC. The molecule has 0 saturated carbocycles. The summed E-state index contributed by atoms with van der Waals surface area (Å²) in [5.41, 5.74) is 1.82. The molecule has 0 radical (unpaired) electrons. The van der Waals surface area contributed by atoms with Crippen molar-refractivity contribution in [2.45, 2.75) is 0 Å². The Morgan fingerprint density at radius 1 is 1.05 bits per heavy atom. The highest BCUT2D eigenvalue weighted by atomic mass is 16.5. The Kier molecular flexibility index (Phi) is 3.31. The first-order chi connectivity index (χ1) is 10.3. The van der Waals surface area contributed by atoms with Crippen LogP contribution < -0.4 is 18.6 Å². The molecule has 1 N–H and O–H groups in total. The summed E-state index contributed by atoms with van der Waals surface area (Å²) in [6.45, 7) is 0. The van der Waals surface area contributed by atoms with Crippen LogP contribution in [0.4, 0.5) is 0 Å². The molecule has 0 atom stereocenters. The number of hydrogen-bond donors (Lipinski definition) is 1. The predicted octanol–water partition coefficient (Wildman–Crippen LogP) is 1.24. The Hall–Kier alpha value is -2.83. The van der Waals surface area contributed by atoms with Gasteiger partial charge in [-0.05, 0) is 17.2 Å². The number of benzene rings is 1. The highest BCUT2D eigenvalue weighted by Gasteiger charge is 2.17. The molecule has 1 aromatic carbocycles. The van der Waals surface area contributed by atoms with E-state index in [0.29, 0.717) is 23.0 Å². The standard InChI is InChI=1S/C14H14N4O3/c1-19-11-6-9(7-12(20-2)13(11)21-3)10-4-5-15-14-17-16-8-18(10)14/h4-8H,1-3H3/p+1. The fourth-order valence-electron chi connectivity index (χ4n) is 2.24. The highest BCUT2D eigenvalue weighted by Crippen LogP contribution is 2.40. The van der Waals surface area contributed by atoms with E-state index in [2.05, 4.69) is 15.2 Å². The molecular weight excluding hydrogens is 272 g/mol. The zero-order valence-electron chi connectivity index (χ0n) is 12.0. The van der Waals surface area contributed by atoms with Crippen molar-refractivity contribution in [1.29, 1.82) is 0 Å². The van der Waals surface area contributed by atoms with E-state index in [-0.39, 0.29) is 0 Å². The normalized spacial score (nSPS) is 10.6. The van der Waals surface area contributed by atoms with E-state index < -0.39 is 0 Å². The largest absolute Gasteiger partial charge is 0.493 e. The van der Waals surface area contributed by atoms with Gasteiger partial charge in [0.15, 0.2) is 11.5 Å². The Bertz CT molecular complexity index is 760. The molecule has 0 spiro atoms. The van der Waals surface area contributed by atoms with Crippen LogP contribution in [0, 0.1) is 0 Å². The van der Waals surface area contributed by atoms with Crippen LogP contribution in [0.3, 0.4) is 0 Å². The molecule has 3 rings (SSSR count). The minimum atomic E-state index is 0.561. The van der Waals surface area contributed by atoms with Crippen LogP contribution in [0.1, 0.15) is 0 Å². The summed E-state index contributed by atoms with van der Waals surface area (Å²) in [5, 5.41) is 6.82. The van der Waals surface area contributed by atoms with Gasteiger partial charge in [-0.1, -0.05) is 0 Å². The lowest BCUT2D eigenvalue weighted by atomic mass is 10.1. The number of aromatic nitrogens is 4. The smallest absolute Gasteiger partial charge is 0.384 e. The van der Waals surface area contributed by atoms with Gasteiger partial charge in [-0.3, -0.25) is 0 Å². The molecule has 21 heavy (non-hydrogen) atoms. The Morgan fingerprint density at radius 3 is 2.38 bits per heavy atom. The molecule has 0 bridgehead atoms. The first-order valence-electron chi connectivity index (χ1n) is 6.28. The third kappa shape index (κ3) is 2.12. The van der Waals surface area contributed by atoms with E-state index >= 15 is 0 Å². The van der Waals surface area contributed by atoms with Crippen molar-refractivity contribution in [2.75, 3.05) is 21.3 Å². The molecule has 3 aromatic rings. The minimum Gasteiger partial charge on any atom is -0.493 e. The van der Waals surface area contributed by atoms with Crippen LogP contribution in [0.2, 0.25) is 0 Å². The number of ether oxygens (including phenoxy) is 3. The van der Waals surface area contributed by atoms with E-state index in [9.17, 15) is 0 Å². The number of fused-ring (bicyclic) bond motifs is 1. The van der Waals surface area contributed by atoms with E-state index in [1.165, 1.54) is 0 Å². The van der Waals surface area contributed by atoms with Gasteiger partial charge in [0.1, 0.15) is 5.69 Å². The van der Waals surface area contributed by atoms with Gasteiger partial charge in [-0.2, -0.15) is 4.40 Å². The van der Waals surface area contributed by atoms with Crippen molar-refractivity contribution in [3.8, 4) is 28.5 Å². The van der Waals surface area contributed by atoms with Gasteiger partial charge in [0.2, 0.25) is 12.1 Å². The van der Waals surface area contributed by atoms with Gasteiger partial charge in [-0.25, -0.2) is 0 Å². The number of methoxy groups -OCH3 is 3. The number of aromatic amines is 1. The van der Waals surface area contributed by atoms with Crippen LogP contribution in [0.5, 0.6) is 17.2 Å². The molecule has 0 aliphatic carbocycles. The third-order valence-corrected chi connectivity index (χ3v) is 3.22. The Balaban J connectivity index is 2.25. The van der Waals surface area contributed by atoms with Gasteiger partial charge in [0.25, 0.3) is 0 Å². The molecule has 108 valence electrons. The summed E-state index contributed by atoms with van der Waals surface area (Å²) in [6.07, 6.45) is 3.38. The van der Waals surface area contributed by atoms with E-state index in [0.717, 1.165) is 11.3 Å². The van der Waals surface area contributed by atoms with E-state index in [4.69, 9.17) is 14.2 Å². The second-order valence-electron chi connectivity index (χ2n) is 4.29. The van der Waals surface area contributed by atoms with Crippen molar-refractivity contribution < 1.29 is 18.6 Å². The van der Waals surface area contributed by atoms with Crippen molar-refractivity contribution in [3.05, 3.63) is 30.7 Å². The monoisotopic (exact) mass is 287 g/mol. The molecule has 7 nitrogen and oxygen atoms in total. The summed E-state index contributed by atoms with van der Waals surface area (Å²) < 4.78 is 17.9. The lowest BCUT2D eigenvalue weighted by Crippen LogP contribution is -2.23. The van der Waals surface area contributed by atoms with Crippen LogP contribution in [0.25, 0.3) is 17.0 Å². The maximum Gasteiger partial charge on any atom is 0.384 e.